The monoisotopic (exact) mass is 743 g/mol. The van der Waals surface area contributed by atoms with Gasteiger partial charge in [0.15, 0.2) is 5.82 Å². The number of fused-ring (bicyclic) bond motifs is 10. The minimum Gasteiger partial charge on any atom is -0.456 e. The largest absolute Gasteiger partial charge is 0.456 e. The molecule has 0 saturated carbocycles. The van der Waals surface area contributed by atoms with Crippen molar-refractivity contribution in [3.63, 3.8) is 0 Å². The first-order valence-corrected chi connectivity index (χ1v) is 21.4. The quantitative estimate of drug-likeness (QED) is 0.165. The van der Waals surface area contributed by atoms with Crippen molar-refractivity contribution in [2.75, 3.05) is 0 Å². The van der Waals surface area contributed by atoms with E-state index < -0.39 is 8.07 Å². The van der Waals surface area contributed by atoms with Gasteiger partial charge in [-0.05, 0) is 57.5 Å². The number of benzene rings is 8. The van der Waals surface area contributed by atoms with E-state index in [1.807, 2.05) is 6.07 Å². The van der Waals surface area contributed by atoms with Crippen LogP contribution in [0, 0.1) is 0 Å². The summed E-state index contributed by atoms with van der Waals surface area (Å²) < 4.78 is 8.81. The predicted molar refractivity (Wildman–Crippen MR) is 237 cm³/mol. The third-order valence-electron chi connectivity index (χ3n) is 11.9. The van der Waals surface area contributed by atoms with E-state index in [4.69, 9.17) is 14.4 Å². The van der Waals surface area contributed by atoms with Gasteiger partial charge in [-0.15, -0.1) is 0 Å². The third-order valence-corrected chi connectivity index (χ3v) is 16.6. The van der Waals surface area contributed by atoms with Crippen LogP contribution in [0.2, 0.25) is 0 Å². The third kappa shape index (κ3) is 4.49. The van der Waals surface area contributed by atoms with Crippen LogP contribution in [0.4, 0.5) is 0 Å². The fraction of sp³-hybridized carbons (Fsp3) is 0. The van der Waals surface area contributed by atoms with Crippen molar-refractivity contribution in [2.45, 2.75) is 0 Å². The second kappa shape index (κ2) is 12.3. The number of rotatable bonds is 5. The highest BCUT2D eigenvalue weighted by Gasteiger charge is 2.51. The van der Waals surface area contributed by atoms with Gasteiger partial charge >= 0.3 is 0 Å². The molecule has 0 N–H and O–H groups in total. The first-order chi connectivity index (χ1) is 28.3. The Morgan fingerprint density at radius 1 is 0.439 bits per heavy atom. The fourth-order valence-electron chi connectivity index (χ4n) is 9.59. The van der Waals surface area contributed by atoms with E-state index in [2.05, 4.69) is 199 Å². The molecule has 57 heavy (non-hydrogen) atoms. The maximum Gasteiger partial charge on any atom is 0.203 e. The molecule has 0 saturated heterocycles. The SMILES string of the molecule is c1ccc(-c2nc(-c3ccccc3-n3c4ccccc4c4c5c(ccc43)oc3ccccc35)nc3c2-c2ccccc2[Si]3(c2ccccc2)c2ccccc2)cc1. The molecule has 0 bridgehead atoms. The predicted octanol–water partition coefficient (Wildman–Crippen LogP) is 10.2. The Labute approximate surface area is 330 Å². The smallest absolute Gasteiger partial charge is 0.203 e. The molecular weight excluding hydrogens is 711 g/mol. The van der Waals surface area contributed by atoms with E-state index in [9.17, 15) is 0 Å². The summed E-state index contributed by atoms with van der Waals surface area (Å²) in [6.07, 6.45) is 0. The van der Waals surface area contributed by atoms with Crippen molar-refractivity contribution < 1.29 is 4.42 Å². The highest BCUT2D eigenvalue weighted by Crippen LogP contribution is 2.43. The molecule has 11 aromatic rings. The topological polar surface area (TPSA) is 43.9 Å². The zero-order valence-electron chi connectivity index (χ0n) is 30.8. The number of para-hydroxylation sites is 3. The molecule has 0 fully saturated rings. The fourth-order valence-corrected chi connectivity index (χ4v) is 14.6. The molecule has 0 radical (unpaired) electrons. The van der Waals surface area contributed by atoms with Crippen LogP contribution >= 0.6 is 0 Å². The highest BCUT2D eigenvalue weighted by atomic mass is 28.3. The summed E-state index contributed by atoms with van der Waals surface area (Å²) in [6.45, 7) is 0. The second-order valence-corrected chi connectivity index (χ2v) is 18.5. The van der Waals surface area contributed by atoms with Gasteiger partial charge in [-0.3, -0.25) is 0 Å². The molecule has 0 atom stereocenters. The number of aromatic nitrogens is 3. The van der Waals surface area contributed by atoms with Crippen LogP contribution < -0.4 is 20.9 Å². The lowest BCUT2D eigenvalue weighted by atomic mass is 10.0. The first-order valence-electron chi connectivity index (χ1n) is 19.4. The van der Waals surface area contributed by atoms with Gasteiger partial charge in [-0.1, -0.05) is 164 Å². The van der Waals surface area contributed by atoms with Crippen LogP contribution in [0.15, 0.2) is 205 Å². The highest BCUT2D eigenvalue weighted by molar-refractivity contribution is 7.21. The number of nitrogens with zero attached hydrogens (tertiary/aromatic N) is 3. The average Bonchev–Trinajstić information content (AvgIpc) is 3.93. The minimum absolute atomic E-state index is 0.709. The van der Waals surface area contributed by atoms with Gasteiger partial charge in [0.2, 0.25) is 8.07 Å². The lowest BCUT2D eigenvalue weighted by Crippen LogP contribution is -2.73. The Morgan fingerprint density at radius 2 is 1.05 bits per heavy atom. The van der Waals surface area contributed by atoms with E-state index in [1.165, 1.54) is 31.9 Å². The summed E-state index contributed by atoms with van der Waals surface area (Å²) in [6, 6.07) is 71.8. The van der Waals surface area contributed by atoms with Gasteiger partial charge in [-0.25, -0.2) is 9.97 Å². The average molecular weight is 744 g/mol. The molecule has 4 heterocycles. The van der Waals surface area contributed by atoms with Crippen molar-refractivity contribution in [3.8, 4) is 39.5 Å². The van der Waals surface area contributed by atoms with Crippen LogP contribution in [0.5, 0.6) is 0 Å². The molecule has 5 heteroatoms. The molecule has 12 rings (SSSR count). The van der Waals surface area contributed by atoms with E-state index >= 15 is 0 Å². The molecule has 0 unspecified atom stereocenters. The standard InChI is InChI=1S/C52H33N3OSi/c1-4-18-34(19-5-1)50-49-40-27-13-17-31-46(40)57(35-20-6-2-7-21-35,36-22-8-3-9-23-36)52(49)54-51(53-50)38-25-11-15-29-42(38)55-41-28-14-10-24-37(41)47-43(55)32-33-45-48(47)39-26-12-16-30-44(39)56-45/h1-33H. The zero-order chi connectivity index (χ0) is 37.5. The van der Waals surface area contributed by atoms with Gasteiger partial charge in [0.25, 0.3) is 0 Å². The van der Waals surface area contributed by atoms with Crippen LogP contribution in [-0.2, 0) is 0 Å². The Bertz CT molecular complexity index is 3310. The van der Waals surface area contributed by atoms with Gasteiger partial charge < -0.3 is 8.98 Å². The Balaban J connectivity index is 1.21. The maximum absolute atomic E-state index is 6.41. The Hall–Kier alpha value is -7.34. The van der Waals surface area contributed by atoms with Crippen molar-refractivity contribution in [1.29, 1.82) is 0 Å². The summed E-state index contributed by atoms with van der Waals surface area (Å²) >= 11 is 0. The summed E-state index contributed by atoms with van der Waals surface area (Å²) in [5.41, 5.74) is 10.4. The van der Waals surface area contributed by atoms with Gasteiger partial charge in [-0.2, -0.15) is 0 Å². The molecule has 266 valence electrons. The summed E-state index contributed by atoms with van der Waals surface area (Å²) in [4.78, 5) is 11.5. The lowest BCUT2D eigenvalue weighted by molar-refractivity contribution is 0.669. The zero-order valence-corrected chi connectivity index (χ0v) is 31.8. The molecule has 0 aliphatic carbocycles. The summed E-state index contributed by atoms with van der Waals surface area (Å²) in [7, 11) is -2.94. The molecule has 3 aromatic heterocycles. The van der Waals surface area contributed by atoms with E-state index in [-0.39, 0.29) is 0 Å². The van der Waals surface area contributed by atoms with Crippen molar-refractivity contribution in [3.05, 3.63) is 200 Å². The van der Waals surface area contributed by atoms with Crippen LogP contribution in [0.25, 0.3) is 83.2 Å². The lowest BCUT2D eigenvalue weighted by Gasteiger charge is -2.30. The van der Waals surface area contributed by atoms with Crippen LogP contribution in [-0.4, -0.2) is 22.6 Å². The molecule has 1 aliphatic heterocycles. The maximum atomic E-state index is 6.41. The van der Waals surface area contributed by atoms with Crippen LogP contribution in [0.1, 0.15) is 0 Å². The summed E-state index contributed by atoms with van der Waals surface area (Å²) in [5, 5.41) is 9.67. The van der Waals surface area contributed by atoms with Crippen molar-refractivity contribution >= 4 is 72.7 Å². The van der Waals surface area contributed by atoms with E-state index in [1.54, 1.807) is 0 Å². The second-order valence-electron chi connectivity index (χ2n) is 14.8. The van der Waals surface area contributed by atoms with Gasteiger partial charge in [0.1, 0.15) is 11.2 Å². The number of hydrogen-bond donors (Lipinski definition) is 0. The van der Waals surface area contributed by atoms with Gasteiger partial charge in [0, 0.05) is 38.2 Å². The summed E-state index contributed by atoms with van der Waals surface area (Å²) in [5.74, 6) is 0.709. The van der Waals surface area contributed by atoms with Gasteiger partial charge in [0.05, 0.1) is 27.7 Å². The van der Waals surface area contributed by atoms with Crippen molar-refractivity contribution in [2.24, 2.45) is 0 Å². The van der Waals surface area contributed by atoms with E-state index in [0.29, 0.717) is 5.82 Å². The Morgan fingerprint density at radius 3 is 1.82 bits per heavy atom. The Kier molecular flexibility index (Phi) is 6.91. The number of furan rings is 1. The molecule has 1 aliphatic rings. The van der Waals surface area contributed by atoms with Crippen molar-refractivity contribution in [1.82, 2.24) is 14.5 Å². The molecule has 4 nitrogen and oxygen atoms in total. The van der Waals surface area contributed by atoms with Crippen LogP contribution in [0.3, 0.4) is 0 Å². The first kappa shape index (κ1) is 32.0. The molecule has 0 amide bonds. The van der Waals surface area contributed by atoms with E-state index in [0.717, 1.165) is 66.4 Å². The normalized spacial score (nSPS) is 13.1. The number of hydrogen-bond acceptors (Lipinski definition) is 3. The molecule has 8 aromatic carbocycles. The molecular formula is C52H33N3OSi. The molecule has 0 spiro atoms. The minimum atomic E-state index is -2.94.